The Balaban J connectivity index is 2.18. The van der Waals surface area contributed by atoms with E-state index in [1.165, 1.54) is 17.3 Å². The van der Waals surface area contributed by atoms with Gasteiger partial charge in [0.15, 0.2) is 0 Å². The number of aromatic nitrogens is 1. The van der Waals surface area contributed by atoms with Crippen LogP contribution in [0.15, 0.2) is 24.5 Å². The summed E-state index contributed by atoms with van der Waals surface area (Å²) in [5.74, 6) is 0.915. The molecule has 1 fully saturated rings. The number of carboxylic acid groups (broad SMARTS) is 1. The molecule has 108 valence electrons. The third-order valence-corrected chi connectivity index (χ3v) is 3.94. The second-order valence-electron chi connectivity index (χ2n) is 4.29. The quantitative estimate of drug-likeness (QED) is 0.738. The molecule has 8 heteroatoms. The number of hydrogen-bond donors (Lipinski definition) is 3. The lowest BCUT2D eigenvalue weighted by Crippen LogP contribution is -2.50. The molecular weight excluding hydrogens is 282 g/mol. The predicted molar refractivity (Wildman–Crippen MR) is 73.2 cm³/mol. The second kappa shape index (κ2) is 6.58. The number of hydrogen-bond acceptors (Lipinski definition) is 5. The van der Waals surface area contributed by atoms with Gasteiger partial charge in [-0.1, -0.05) is 0 Å². The fourth-order valence-electron chi connectivity index (χ4n) is 1.95. The number of aliphatic hydroxyl groups is 1. The van der Waals surface area contributed by atoms with E-state index < -0.39 is 24.1 Å². The van der Waals surface area contributed by atoms with E-state index in [1.54, 1.807) is 23.9 Å². The standard InChI is InChI=1S/C12H15N3O4S/c16-10(8-1-3-13-4-2-8)9(14-12(18)19)11(17)15-5-6-20-7-15/h1-4,9-10,14,16H,5-7H2,(H,18,19). The summed E-state index contributed by atoms with van der Waals surface area (Å²) >= 11 is 1.59. The Hall–Kier alpha value is -1.80. The highest BCUT2D eigenvalue weighted by Gasteiger charge is 2.34. The first kappa shape index (κ1) is 14.6. The number of pyridine rings is 1. The van der Waals surface area contributed by atoms with Crippen molar-refractivity contribution >= 4 is 23.8 Å². The van der Waals surface area contributed by atoms with E-state index in [-0.39, 0.29) is 0 Å². The molecule has 0 spiro atoms. The van der Waals surface area contributed by atoms with Crippen LogP contribution in [0.1, 0.15) is 11.7 Å². The average molecular weight is 297 g/mol. The number of nitrogens with one attached hydrogen (secondary N) is 1. The van der Waals surface area contributed by atoms with Crippen LogP contribution in [-0.4, -0.2) is 56.3 Å². The second-order valence-corrected chi connectivity index (χ2v) is 5.37. The molecule has 1 aliphatic heterocycles. The molecule has 0 radical (unpaired) electrons. The predicted octanol–water partition coefficient (Wildman–Crippen LogP) is 0.284. The van der Waals surface area contributed by atoms with Gasteiger partial charge in [-0.25, -0.2) is 4.79 Å². The summed E-state index contributed by atoms with van der Waals surface area (Å²) in [6.07, 6.45) is 0.370. The van der Waals surface area contributed by atoms with Crippen molar-refractivity contribution in [2.24, 2.45) is 0 Å². The molecular formula is C12H15N3O4S. The molecule has 2 unspecified atom stereocenters. The van der Waals surface area contributed by atoms with Crippen molar-refractivity contribution in [1.29, 1.82) is 0 Å². The SMILES string of the molecule is O=C(O)NC(C(=O)N1CCSC1)C(O)c1ccncc1. The summed E-state index contributed by atoms with van der Waals surface area (Å²) in [4.78, 5) is 28.5. The molecule has 2 amide bonds. The van der Waals surface area contributed by atoms with Gasteiger partial charge in [0.2, 0.25) is 5.91 Å². The number of aliphatic hydroxyl groups excluding tert-OH is 1. The van der Waals surface area contributed by atoms with Gasteiger partial charge in [0.1, 0.15) is 12.1 Å². The molecule has 1 aromatic rings. The van der Waals surface area contributed by atoms with Crippen LogP contribution in [0, 0.1) is 0 Å². The van der Waals surface area contributed by atoms with Crippen LogP contribution in [0.25, 0.3) is 0 Å². The first-order valence-electron chi connectivity index (χ1n) is 6.03. The van der Waals surface area contributed by atoms with Gasteiger partial charge in [-0.2, -0.15) is 0 Å². The minimum Gasteiger partial charge on any atom is -0.465 e. The van der Waals surface area contributed by atoms with Crippen molar-refractivity contribution in [3.63, 3.8) is 0 Å². The maximum absolute atomic E-state index is 12.3. The van der Waals surface area contributed by atoms with Gasteiger partial charge in [-0.05, 0) is 17.7 Å². The lowest BCUT2D eigenvalue weighted by Gasteiger charge is -2.26. The zero-order chi connectivity index (χ0) is 14.5. The third-order valence-electron chi connectivity index (χ3n) is 2.97. The van der Waals surface area contributed by atoms with Crippen molar-refractivity contribution in [2.45, 2.75) is 12.1 Å². The van der Waals surface area contributed by atoms with Crippen LogP contribution in [-0.2, 0) is 4.79 Å². The Morgan fingerprint density at radius 3 is 2.65 bits per heavy atom. The smallest absolute Gasteiger partial charge is 0.405 e. The summed E-state index contributed by atoms with van der Waals surface area (Å²) in [6.45, 7) is 0.560. The first-order chi connectivity index (χ1) is 9.59. The van der Waals surface area contributed by atoms with E-state index in [0.29, 0.717) is 18.0 Å². The topological polar surface area (TPSA) is 103 Å². The highest BCUT2D eigenvalue weighted by Crippen LogP contribution is 2.21. The molecule has 0 saturated carbocycles. The van der Waals surface area contributed by atoms with Crippen molar-refractivity contribution in [1.82, 2.24) is 15.2 Å². The monoisotopic (exact) mass is 297 g/mol. The van der Waals surface area contributed by atoms with E-state index in [2.05, 4.69) is 10.3 Å². The summed E-state index contributed by atoms with van der Waals surface area (Å²) in [7, 11) is 0. The number of amides is 2. The van der Waals surface area contributed by atoms with Gasteiger partial charge in [-0.15, -0.1) is 11.8 Å². The van der Waals surface area contributed by atoms with E-state index in [1.807, 2.05) is 0 Å². The summed E-state index contributed by atoms with van der Waals surface area (Å²) in [6, 6.07) is 1.88. The zero-order valence-electron chi connectivity index (χ0n) is 10.6. The molecule has 2 heterocycles. The van der Waals surface area contributed by atoms with E-state index in [9.17, 15) is 14.7 Å². The Kier molecular flexibility index (Phi) is 4.80. The van der Waals surface area contributed by atoms with Crippen molar-refractivity contribution < 1.29 is 19.8 Å². The van der Waals surface area contributed by atoms with E-state index in [4.69, 9.17) is 5.11 Å². The van der Waals surface area contributed by atoms with Gasteiger partial charge < -0.3 is 20.4 Å². The minimum absolute atomic E-state index is 0.415. The van der Waals surface area contributed by atoms with Gasteiger partial charge in [0.25, 0.3) is 0 Å². The maximum Gasteiger partial charge on any atom is 0.405 e. The van der Waals surface area contributed by atoms with Gasteiger partial charge in [-0.3, -0.25) is 9.78 Å². The minimum atomic E-state index is -1.34. The van der Waals surface area contributed by atoms with E-state index >= 15 is 0 Å². The fraction of sp³-hybridized carbons (Fsp3) is 0.417. The van der Waals surface area contributed by atoms with E-state index in [0.717, 1.165) is 5.75 Å². The molecule has 0 aliphatic carbocycles. The average Bonchev–Trinajstić information content (AvgIpc) is 2.98. The Morgan fingerprint density at radius 2 is 2.10 bits per heavy atom. The van der Waals surface area contributed by atoms with Crippen molar-refractivity contribution in [2.75, 3.05) is 18.2 Å². The summed E-state index contributed by atoms with van der Waals surface area (Å²) < 4.78 is 0. The Labute approximate surface area is 120 Å². The number of carbonyl (C=O) groups is 2. The molecule has 2 atom stereocenters. The van der Waals surface area contributed by atoms with Gasteiger partial charge in [0, 0.05) is 24.7 Å². The third kappa shape index (κ3) is 3.40. The molecule has 1 saturated heterocycles. The van der Waals surface area contributed by atoms with Crippen LogP contribution in [0.3, 0.4) is 0 Å². The van der Waals surface area contributed by atoms with Crippen molar-refractivity contribution in [3.8, 4) is 0 Å². The maximum atomic E-state index is 12.3. The van der Waals surface area contributed by atoms with Crippen LogP contribution >= 0.6 is 11.8 Å². The van der Waals surface area contributed by atoms with Crippen LogP contribution in [0.5, 0.6) is 0 Å². The molecule has 7 nitrogen and oxygen atoms in total. The largest absolute Gasteiger partial charge is 0.465 e. The summed E-state index contributed by atoms with van der Waals surface area (Å²) in [5, 5.41) is 21.2. The molecule has 3 N–H and O–H groups in total. The number of carbonyl (C=O) groups excluding carboxylic acids is 1. The summed E-state index contributed by atoms with van der Waals surface area (Å²) in [5.41, 5.74) is 0.443. The number of rotatable bonds is 4. The highest BCUT2D eigenvalue weighted by molar-refractivity contribution is 7.99. The number of nitrogens with zero attached hydrogens (tertiary/aromatic N) is 2. The van der Waals surface area contributed by atoms with Crippen molar-refractivity contribution in [3.05, 3.63) is 30.1 Å². The zero-order valence-corrected chi connectivity index (χ0v) is 11.4. The lowest BCUT2D eigenvalue weighted by molar-refractivity contribution is -0.134. The normalized spacial score (nSPS) is 17.6. The molecule has 2 rings (SSSR count). The first-order valence-corrected chi connectivity index (χ1v) is 7.19. The van der Waals surface area contributed by atoms with Crippen LogP contribution in [0.2, 0.25) is 0 Å². The molecule has 1 aliphatic rings. The van der Waals surface area contributed by atoms with Crippen LogP contribution < -0.4 is 5.32 Å². The fourth-order valence-corrected chi connectivity index (χ4v) is 2.90. The van der Waals surface area contributed by atoms with Gasteiger partial charge >= 0.3 is 6.09 Å². The lowest BCUT2D eigenvalue weighted by atomic mass is 10.0. The molecule has 0 bridgehead atoms. The molecule has 1 aromatic heterocycles. The molecule has 20 heavy (non-hydrogen) atoms. The Bertz CT molecular complexity index is 479. The molecule has 0 aromatic carbocycles. The van der Waals surface area contributed by atoms with Gasteiger partial charge in [0.05, 0.1) is 5.88 Å². The highest BCUT2D eigenvalue weighted by atomic mass is 32.2. The number of thioether (sulfide) groups is 1. The van der Waals surface area contributed by atoms with Crippen LogP contribution in [0.4, 0.5) is 4.79 Å². The Morgan fingerprint density at radius 1 is 1.40 bits per heavy atom.